The Morgan fingerprint density at radius 3 is 2.48 bits per heavy atom. The third kappa shape index (κ3) is 3.52. The summed E-state index contributed by atoms with van der Waals surface area (Å²) in [7, 11) is 0. The normalized spacial score (nSPS) is 16.7. The molecule has 0 spiro atoms. The van der Waals surface area contributed by atoms with Gasteiger partial charge in [0.15, 0.2) is 0 Å². The molecule has 142 valence electrons. The van der Waals surface area contributed by atoms with Crippen molar-refractivity contribution in [3.05, 3.63) is 52.8 Å². The zero-order valence-electron chi connectivity index (χ0n) is 16.5. The number of piperidine rings is 1. The maximum absolute atomic E-state index is 9.93. The molecule has 4 rings (SSSR count). The molecule has 1 atom stereocenters. The minimum absolute atomic E-state index is 0.0748. The first kappa shape index (κ1) is 18.2. The SMILES string of the molecule is Cc1cc(-c2[nH]c3ccc(C4CCNCC4)cc3c2C(C)CO)cc(C)n1. The maximum atomic E-state index is 9.93. The summed E-state index contributed by atoms with van der Waals surface area (Å²) in [5, 5.41) is 14.6. The summed E-state index contributed by atoms with van der Waals surface area (Å²) in [5.74, 6) is 0.697. The second-order valence-electron chi connectivity index (χ2n) is 7.97. The molecule has 1 aromatic carbocycles. The molecule has 0 saturated carbocycles. The number of pyridine rings is 1. The number of aliphatic hydroxyl groups excluding tert-OH is 1. The van der Waals surface area contributed by atoms with Crippen LogP contribution < -0.4 is 5.32 Å². The molecular formula is C23H29N3O. The molecule has 0 amide bonds. The topological polar surface area (TPSA) is 60.9 Å². The summed E-state index contributed by atoms with van der Waals surface area (Å²) in [4.78, 5) is 8.14. The molecule has 1 unspecified atom stereocenters. The zero-order valence-corrected chi connectivity index (χ0v) is 16.5. The Balaban J connectivity index is 1.88. The van der Waals surface area contributed by atoms with Gasteiger partial charge >= 0.3 is 0 Å². The van der Waals surface area contributed by atoms with Crippen LogP contribution in [0.4, 0.5) is 0 Å². The van der Waals surface area contributed by atoms with Gasteiger partial charge in [-0.05, 0) is 81.1 Å². The summed E-state index contributed by atoms with van der Waals surface area (Å²) in [5.41, 5.74) is 8.07. The van der Waals surface area contributed by atoms with Gasteiger partial charge in [-0.3, -0.25) is 4.98 Å². The Hall–Kier alpha value is -2.17. The van der Waals surface area contributed by atoms with E-state index in [9.17, 15) is 5.11 Å². The van der Waals surface area contributed by atoms with Crippen molar-refractivity contribution in [2.45, 2.75) is 45.4 Å². The summed E-state index contributed by atoms with van der Waals surface area (Å²) in [6.45, 7) is 8.49. The second kappa shape index (κ2) is 7.45. The lowest BCUT2D eigenvalue weighted by Gasteiger charge is -2.23. The van der Waals surface area contributed by atoms with Crippen LogP contribution in [-0.4, -0.2) is 34.8 Å². The summed E-state index contributed by atoms with van der Waals surface area (Å²) < 4.78 is 0. The van der Waals surface area contributed by atoms with E-state index in [0.717, 1.165) is 41.3 Å². The Bertz CT molecular complexity index is 933. The molecule has 2 aromatic heterocycles. The number of benzene rings is 1. The van der Waals surface area contributed by atoms with Gasteiger partial charge in [0.1, 0.15) is 0 Å². The molecule has 27 heavy (non-hydrogen) atoms. The Morgan fingerprint density at radius 2 is 1.81 bits per heavy atom. The van der Waals surface area contributed by atoms with Crippen LogP contribution in [0, 0.1) is 13.8 Å². The molecule has 3 N–H and O–H groups in total. The molecule has 1 fully saturated rings. The molecule has 4 nitrogen and oxygen atoms in total. The van der Waals surface area contributed by atoms with Crippen molar-refractivity contribution in [3.63, 3.8) is 0 Å². The van der Waals surface area contributed by atoms with Crippen molar-refractivity contribution in [3.8, 4) is 11.3 Å². The molecule has 4 heteroatoms. The van der Waals surface area contributed by atoms with E-state index in [1.807, 2.05) is 13.8 Å². The fourth-order valence-electron chi connectivity index (χ4n) is 4.45. The van der Waals surface area contributed by atoms with Crippen LogP contribution in [0.5, 0.6) is 0 Å². The van der Waals surface area contributed by atoms with E-state index >= 15 is 0 Å². The van der Waals surface area contributed by atoms with Crippen LogP contribution in [-0.2, 0) is 0 Å². The molecule has 3 aromatic rings. The molecular weight excluding hydrogens is 334 g/mol. The molecule has 0 radical (unpaired) electrons. The second-order valence-corrected chi connectivity index (χ2v) is 7.97. The standard InChI is InChI=1S/C23H29N3O/c1-14(13-27)22-20-12-18(17-6-8-24-9-7-17)4-5-21(20)26-23(22)19-10-15(2)25-16(3)11-19/h4-5,10-12,14,17,24,26-27H,6-9,13H2,1-3H3. The number of fused-ring (bicyclic) bond motifs is 1. The van der Waals surface area contributed by atoms with Crippen molar-refractivity contribution >= 4 is 10.9 Å². The van der Waals surface area contributed by atoms with Gasteiger partial charge in [0.25, 0.3) is 0 Å². The lowest BCUT2D eigenvalue weighted by Crippen LogP contribution is -2.26. The minimum atomic E-state index is 0.0748. The minimum Gasteiger partial charge on any atom is -0.396 e. The van der Waals surface area contributed by atoms with Gasteiger partial charge in [-0.25, -0.2) is 0 Å². The number of aryl methyl sites for hydroxylation is 2. The Kier molecular flexibility index (Phi) is 5.02. The molecule has 1 aliphatic heterocycles. The molecule has 0 aliphatic carbocycles. The highest BCUT2D eigenvalue weighted by Crippen LogP contribution is 2.38. The van der Waals surface area contributed by atoms with Crippen molar-refractivity contribution in [2.24, 2.45) is 0 Å². The van der Waals surface area contributed by atoms with Crippen LogP contribution in [0.1, 0.15) is 54.1 Å². The highest BCUT2D eigenvalue weighted by atomic mass is 16.3. The van der Waals surface area contributed by atoms with Crippen LogP contribution in [0.15, 0.2) is 30.3 Å². The number of rotatable bonds is 4. The fourth-order valence-corrected chi connectivity index (χ4v) is 4.45. The van der Waals surface area contributed by atoms with Crippen molar-refractivity contribution in [2.75, 3.05) is 19.7 Å². The molecule has 0 bridgehead atoms. The fraction of sp³-hybridized carbons (Fsp3) is 0.435. The Labute approximate surface area is 161 Å². The van der Waals surface area contributed by atoms with E-state index in [2.05, 4.69) is 52.5 Å². The van der Waals surface area contributed by atoms with Gasteiger partial charge in [-0.2, -0.15) is 0 Å². The van der Waals surface area contributed by atoms with E-state index in [4.69, 9.17) is 0 Å². The summed E-state index contributed by atoms with van der Waals surface area (Å²) in [6, 6.07) is 11.1. The van der Waals surface area contributed by atoms with Gasteiger partial charge < -0.3 is 15.4 Å². The molecule has 1 aliphatic rings. The highest BCUT2D eigenvalue weighted by Gasteiger charge is 2.21. The summed E-state index contributed by atoms with van der Waals surface area (Å²) >= 11 is 0. The monoisotopic (exact) mass is 363 g/mol. The third-order valence-corrected chi connectivity index (χ3v) is 5.81. The number of hydrogen-bond donors (Lipinski definition) is 3. The number of nitrogens with zero attached hydrogens (tertiary/aromatic N) is 1. The van der Waals surface area contributed by atoms with Crippen LogP contribution >= 0.6 is 0 Å². The number of aromatic nitrogens is 2. The first-order valence-electron chi connectivity index (χ1n) is 9.99. The first-order chi connectivity index (χ1) is 13.1. The van der Waals surface area contributed by atoms with E-state index in [1.54, 1.807) is 0 Å². The average molecular weight is 364 g/mol. The van der Waals surface area contributed by atoms with Gasteiger partial charge in [0.2, 0.25) is 0 Å². The number of aliphatic hydroxyl groups is 1. The van der Waals surface area contributed by atoms with E-state index < -0.39 is 0 Å². The smallest absolute Gasteiger partial charge is 0.0502 e. The van der Waals surface area contributed by atoms with Gasteiger partial charge in [-0.1, -0.05) is 13.0 Å². The average Bonchev–Trinajstić information content (AvgIpc) is 3.06. The lowest BCUT2D eigenvalue weighted by atomic mass is 9.88. The number of nitrogens with one attached hydrogen (secondary N) is 2. The van der Waals surface area contributed by atoms with Gasteiger partial charge in [-0.15, -0.1) is 0 Å². The number of H-pyrrole nitrogens is 1. The highest BCUT2D eigenvalue weighted by molar-refractivity contribution is 5.92. The first-order valence-corrected chi connectivity index (χ1v) is 9.99. The number of hydrogen-bond acceptors (Lipinski definition) is 3. The third-order valence-electron chi connectivity index (χ3n) is 5.81. The quantitative estimate of drug-likeness (QED) is 0.643. The van der Waals surface area contributed by atoms with Crippen molar-refractivity contribution < 1.29 is 5.11 Å². The molecule has 3 heterocycles. The summed E-state index contributed by atoms with van der Waals surface area (Å²) in [6.07, 6.45) is 2.38. The van der Waals surface area contributed by atoms with Crippen LogP contribution in [0.3, 0.4) is 0 Å². The lowest BCUT2D eigenvalue weighted by molar-refractivity contribution is 0.274. The van der Waals surface area contributed by atoms with Crippen LogP contribution in [0.2, 0.25) is 0 Å². The predicted molar refractivity (Wildman–Crippen MR) is 111 cm³/mol. The Morgan fingerprint density at radius 1 is 1.11 bits per heavy atom. The molecule has 1 saturated heterocycles. The van der Waals surface area contributed by atoms with Crippen molar-refractivity contribution in [1.29, 1.82) is 0 Å². The number of aromatic amines is 1. The van der Waals surface area contributed by atoms with E-state index in [-0.39, 0.29) is 12.5 Å². The van der Waals surface area contributed by atoms with Gasteiger partial charge in [0, 0.05) is 40.4 Å². The zero-order chi connectivity index (χ0) is 19.0. The predicted octanol–water partition coefficient (Wildman–Crippen LogP) is 4.41. The maximum Gasteiger partial charge on any atom is 0.0502 e. The van der Waals surface area contributed by atoms with Gasteiger partial charge in [0.05, 0.1) is 5.69 Å². The van der Waals surface area contributed by atoms with Crippen LogP contribution in [0.25, 0.3) is 22.2 Å². The van der Waals surface area contributed by atoms with Crippen molar-refractivity contribution in [1.82, 2.24) is 15.3 Å². The van der Waals surface area contributed by atoms with E-state index in [1.165, 1.54) is 29.4 Å². The van der Waals surface area contributed by atoms with E-state index in [0.29, 0.717) is 5.92 Å². The largest absolute Gasteiger partial charge is 0.396 e.